The molecule has 0 spiro atoms. The number of nitrogens with one attached hydrogen (secondary N) is 3. The summed E-state index contributed by atoms with van der Waals surface area (Å²) < 4.78 is 0. The highest BCUT2D eigenvalue weighted by Crippen LogP contribution is 2.14. The molecule has 1 amide bonds. The van der Waals surface area contributed by atoms with Crippen molar-refractivity contribution in [1.82, 2.24) is 20.9 Å². The molecule has 2 rings (SSSR count). The number of hydrogen-bond acceptors (Lipinski definition) is 4. The quantitative estimate of drug-likeness (QED) is 0.346. The minimum absolute atomic E-state index is 0. The van der Waals surface area contributed by atoms with E-state index in [4.69, 9.17) is 0 Å². The number of hydrogen-bond donors (Lipinski definition) is 3. The van der Waals surface area contributed by atoms with E-state index in [-0.39, 0.29) is 7.33 Å². The van der Waals surface area contributed by atoms with Crippen LogP contribution in [0, 0.1) is 0 Å². The minimum Gasteiger partial charge on any atom is -0.377 e. The second kappa shape index (κ2) is 18.7. The van der Waals surface area contributed by atoms with Gasteiger partial charge in [0.15, 0.2) is 0 Å². The molecular formula is C28H48N4O. The number of aromatic nitrogens is 1. The topological polar surface area (TPSA) is 66.0 Å². The Morgan fingerprint density at radius 3 is 2.45 bits per heavy atom. The lowest BCUT2D eigenvalue weighted by Crippen LogP contribution is -2.30. The molecule has 0 aromatic carbocycles. The molecule has 0 saturated carbocycles. The molecule has 1 aliphatic rings. The van der Waals surface area contributed by atoms with Crippen molar-refractivity contribution in [1.29, 1.82) is 0 Å². The molecule has 1 aromatic heterocycles. The highest BCUT2D eigenvalue weighted by atomic mass is 16.1. The van der Waals surface area contributed by atoms with Gasteiger partial charge in [-0.15, -0.1) is 0 Å². The molecule has 0 aliphatic carbocycles. The van der Waals surface area contributed by atoms with E-state index in [0.717, 1.165) is 34.6 Å². The molecule has 0 atom stereocenters. The van der Waals surface area contributed by atoms with Gasteiger partial charge in [0.1, 0.15) is 0 Å². The number of pyridine rings is 1. The SMILES string of the molecule is C=C(Cc1ccc(CCCCCC)nc1)NC(=C)C1=CCC=C(C(=O)NC)NC1.CC.CC.[HH]. The van der Waals surface area contributed by atoms with E-state index in [2.05, 4.69) is 59.2 Å². The first-order valence-corrected chi connectivity index (χ1v) is 12.5. The fraction of sp³-hybridized carbons (Fsp3) is 0.500. The van der Waals surface area contributed by atoms with Gasteiger partial charge in [0.2, 0.25) is 0 Å². The van der Waals surface area contributed by atoms with Crippen LogP contribution in [0.5, 0.6) is 0 Å². The van der Waals surface area contributed by atoms with E-state index in [9.17, 15) is 4.79 Å². The number of nitrogens with zero attached hydrogens (tertiary/aromatic N) is 1. The molecule has 0 saturated heterocycles. The number of aryl methyl sites for hydroxylation is 1. The van der Waals surface area contributed by atoms with Gasteiger partial charge in [0.25, 0.3) is 5.91 Å². The zero-order valence-corrected chi connectivity index (χ0v) is 21.8. The van der Waals surface area contributed by atoms with Gasteiger partial charge in [-0.2, -0.15) is 0 Å². The fourth-order valence-electron chi connectivity index (χ4n) is 3.22. The third kappa shape index (κ3) is 12.1. The van der Waals surface area contributed by atoms with Crippen molar-refractivity contribution in [2.75, 3.05) is 13.6 Å². The third-order valence-corrected chi connectivity index (χ3v) is 4.93. The zero-order valence-electron chi connectivity index (χ0n) is 21.8. The van der Waals surface area contributed by atoms with Crippen LogP contribution in [-0.4, -0.2) is 24.5 Å². The molecule has 0 radical (unpaired) electrons. The molecule has 2 heterocycles. The smallest absolute Gasteiger partial charge is 0.266 e. The summed E-state index contributed by atoms with van der Waals surface area (Å²) in [4.78, 5) is 16.4. The number of carbonyl (C=O) groups excluding carboxylic acids is 1. The summed E-state index contributed by atoms with van der Waals surface area (Å²) in [6.07, 6.45) is 13.3. The Kier molecular flexibility index (Phi) is 17.1. The largest absolute Gasteiger partial charge is 0.377 e. The molecule has 1 aromatic rings. The lowest BCUT2D eigenvalue weighted by atomic mass is 10.1. The fourth-order valence-corrected chi connectivity index (χ4v) is 3.22. The van der Waals surface area contributed by atoms with Crippen LogP contribution in [0.2, 0.25) is 0 Å². The van der Waals surface area contributed by atoms with E-state index in [1.165, 1.54) is 25.7 Å². The Morgan fingerprint density at radius 1 is 1.12 bits per heavy atom. The van der Waals surface area contributed by atoms with E-state index in [1.54, 1.807) is 7.05 Å². The average molecular weight is 457 g/mol. The normalized spacial score (nSPS) is 12.2. The lowest BCUT2D eigenvalue weighted by Gasteiger charge is -2.16. The Morgan fingerprint density at radius 2 is 1.85 bits per heavy atom. The highest BCUT2D eigenvalue weighted by Gasteiger charge is 2.12. The molecule has 5 nitrogen and oxygen atoms in total. The second-order valence-corrected chi connectivity index (χ2v) is 7.37. The summed E-state index contributed by atoms with van der Waals surface area (Å²) in [5.41, 5.74) is 5.57. The van der Waals surface area contributed by atoms with Crippen LogP contribution in [0.15, 0.2) is 66.3 Å². The number of unbranched alkanes of at least 4 members (excludes halogenated alkanes) is 3. The van der Waals surface area contributed by atoms with Crippen LogP contribution in [0.1, 0.15) is 79.4 Å². The Bertz CT molecular complexity index is 782. The first-order valence-electron chi connectivity index (χ1n) is 12.5. The van der Waals surface area contributed by atoms with Crippen LogP contribution in [-0.2, 0) is 17.6 Å². The Labute approximate surface area is 204 Å². The predicted octanol–water partition coefficient (Wildman–Crippen LogP) is 6.21. The van der Waals surface area contributed by atoms with Gasteiger partial charge in [-0.05, 0) is 36.5 Å². The van der Waals surface area contributed by atoms with Crippen molar-refractivity contribution in [2.24, 2.45) is 0 Å². The maximum atomic E-state index is 11.8. The predicted molar refractivity (Wildman–Crippen MR) is 145 cm³/mol. The molecule has 0 unspecified atom stereocenters. The van der Waals surface area contributed by atoms with Gasteiger partial charge in [-0.3, -0.25) is 9.78 Å². The molecule has 33 heavy (non-hydrogen) atoms. The van der Waals surface area contributed by atoms with Crippen molar-refractivity contribution in [3.8, 4) is 0 Å². The highest BCUT2D eigenvalue weighted by molar-refractivity contribution is 5.92. The summed E-state index contributed by atoms with van der Waals surface area (Å²) in [7, 11) is 1.63. The van der Waals surface area contributed by atoms with Gasteiger partial charge < -0.3 is 16.0 Å². The van der Waals surface area contributed by atoms with E-state index >= 15 is 0 Å². The lowest BCUT2D eigenvalue weighted by molar-refractivity contribution is -0.117. The standard InChI is InChI=1S/C24H34N4O.2C2H6.H2/c1-5-6-7-8-11-22-14-13-20(16-26-22)15-18(2)28-19(3)21-10-9-12-23(27-17-21)24(29)25-4;2*1-2;/h10,12-14,16,27-28H,2-3,5-9,11,15,17H2,1,4H3,(H,25,29);2*1-2H3;1H. The van der Waals surface area contributed by atoms with Crippen molar-refractivity contribution < 1.29 is 6.22 Å². The van der Waals surface area contributed by atoms with Gasteiger partial charge >= 0.3 is 0 Å². The number of carbonyl (C=O) groups is 1. The minimum atomic E-state index is -0.107. The zero-order chi connectivity index (χ0) is 25.1. The number of allylic oxidation sites excluding steroid dienone is 3. The van der Waals surface area contributed by atoms with Gasteiger partial charge in [0, 0.05) is 44.7 Å². The summed E-state index contributed by atoms with van der Waals surface area (Å²) in [6.45, 7) is 19.0. The summed E-state index contributed by atoms with van der Waals surface area (Å²) in [5.74, 6) is -0.107. The van der Waals surface area contributed by atoms with Crippen molar-refractivity contribution in [3.63, 3.8) is 0 Å². The van der Waals surface area contributed by atoms with Gasteiger partial charge in [-0.1, -0.05) is 85.3 Å². The van der Waals surface area contributed by atoms with Crippen molar-refractivity contribution in [2.45, 2.75) is 79.6 Å². The molecule has 5 heteroatoms. The summed E-state index contributed by atoms with van der Waals surface area (Å²) >= 11 is 0. The Hall–Kier alpha value is -2.82. The summed E-state index contributed by atoms with van der Waals surface area (Å²) in [5, 5.41) is 9.09. The second-order valence-electron chi connectivity index (χ2n) is 7.37. The number of rotatable bonds is 11. The molecule has 0 bridgehead atoms. The molecular weight excluding hydrogens is 408 g/mol. The summed E-state index contributed by atoms with van der Waals surface area (Å²) in [6, 6.07) is 4.25. The van der Waals surface area contributed by atoms with E-state index < -0.39 is 0 Å². The average Bonchev–Trinajstić information content (AvgIpc) is 3.11. The van der Waals surface area contributed by atoms with E-state index in [0.29, 0.717) is 25.1 Å². The molecule has 186 valence electrons. The monoisotopic (exact) mass is 456 g/mol. The van der Waals surface area contributed by atoms with Crippen LogP contribution in [0.25, 0.3) is 0 Å². The first kappa shape index (κ1) is 30.2. The third-order valence-electron chi connectivity index (χ3n) is 4.93. The first-order chi connectivity index (χ1) is 16.0. The maximum absolute atomic E-state index is 11.8. The van der Waals surface area contributed by atoms with E-state index in [1.807, 2.05) is 40.0 Å². The van der Waals surface area contributed by atoms with Crippen LogP contribution in [0.4, 0.5) is 0 Å². The molecule has 1 aliphatic heterocycles. The Balaban J connectivity index is 0. The molecule has 0 fully saturated rings. The van der Waals surface area contributed by atoms with Crippen LogP contribution < -0.4 is 16.0 Å². The van der Waals surface area contributed by atoms with Crippen molar-refractivity contribution >= 4 is 5.91 Å². The number of amides is 1. The van der Waals surface area contributed by atoms with Crippen molar-refractivity contribution in [3.05, 3.63) is 77.6 Å². The van der Waals surface area contributed by atoms with Gasteiger partial charge in [-0.25, -0.2) is 0 Å². The van der Waals surface area contributed by atoms with Gasteiger partial charge in [0.05, 0.1) is 5.70 Å². The van der Waals surface area contributed by atoms with Crippen LogP contribution in [0.3, 0.4) is 0 Å². The van der Waals surface area contributed by atoms with Crippen LogP contribution >= 0.6 is 0 Å². The molecule has 3 N–H and O–H groups in total. The number of likely N-dealkylation sites (N-methyl/N-ethyl adjacent to an activating group) is 1. The maximum Gasteiger partial charge on any atom is 0.266 e.